The first-order valence-corrected chi connectivity index (χ1v) is 6.15. The van der Waals surface area contributed by atoms with Crippen LogP contribution in [0.2, 0.25) is 0 Å². The molecule has 76 valence electrons. The van der Waals surface area contributed by atoms with Gasteiger partial charge in [0.25, 0.3) is 0 Å². The molecule has 0 saturated heterocycles. The van der Waals surface area contributed by atoms with Gasteiger partial charge in [-0.1, -0.05) is 19.8 Å². The van der Waals surface area contributed by atoms with Crippen LogP contribution in [0.25, 0.3) is 0 Å². The van der Waals surface area contributed by atoms with Crippen LogP contribution in [-0.2, 0) is 0 Å². The molecular weight excluding hydrogens is 158 g/mol. The van der Waals surface area contributed by atoms with Crippen LogP contribution in [0.1, 0.15) is 51.9 Å². The van der Waals surface area contributed by atoms with Gasteiger partial charge in [0.15, 0.2) is 0 Å². The van der Waals surface area contributed by atoms with E-state index in [4.69, 9.17) is 0 Å². The van der Waals surface area contributed by atoms with E-state index >= 15 is 0 Å². The lowest BCUT2D eigenvalue weighted by Crippen LogP contribution is -2.33. The average molecular weight is 181 g/mol. The van der Waals surface area contributed by atoms with E-state index in [0.717, 1.165) is 17.9 Å². The number of rotatable bonds is 7. The van der Waals surface area contributed by atoms with E-state index in [-0.39, 0.29) is 0 Å². The smallest absolute Gasteiger partial charge is 0.0124 e. The van der Waals surface area contributed by atoms with Gasteiger partial charge in [0.2, 0.25) is 0 Å². The lowest BCUT2D eigenvalue weighted by molar-refractivity contribution is 0.411. The zero-order valence-electron chi connectivity index (χ0n) is 8.89. The minimum atomic E-state index is 0.914. The summed E-state index contributed by atoms with van der Waals surface area (Å²) in [5.41, 5.74) is 0. The summed E-state index contributed by atoms with van der Waals surface area (Å²) in [5.74, 6) is 2.13. The Labute approximate surface area is 82.3 Å². The maximum atomic E-state index is 3.78. The highest BCUT2D eigenvalue weighted by molar-refractivity contribution is 4.96. The number of nitrogens with one attached hydrogen (secondary N) is 1. The van der Waals surface area contributed by atoms with E-state index < -0.39 is 0 Å². The highest BCUT2D eigenvalue weighted by Crippen LogP contribution is 2.44. The van der Waals surface area contributed by atoms with Crippen molar-refractivity contribution in [1.29, 1.82) is 0 Å². The molecule has 13 heavy (non-hydrogen) atoms. The van der Waals surface area contributed by atoms with Crippen LogP contribution in [0.3, 0.4) is 0 Å². The van der Waals surface area contributed by atoms with Crippen molar-refractivity contribution in [2.75, 3.05) is 6.54 Å². The predicted octanol–water partition coefficient (Wildman–Crippen LogP) is 2.95. The van der Waals surface area contributed by atoms with Gasteiger partial charge in [-0.2, -0.15) is 0 Å². The Morgan fingerprint density at radius 2 is 1.69 bits per heavy atom. The first kappa shape index (κ1) is 9.51. The Morgan fingerprint density at radius 1 is 1.08 bits per heavy atom. The molecule has 0 radical (unpaired) electrons. The molecule has 2 saturated carbocycles. The standard InChI is InChI=1S/C12H23N/c1-2-3-4-9-13-12(10-5-6-10)11-7-8-11/h10-13H,2-9H2,1H3. The van der Waals surface area contributed by atoms with Crippen molar-refractivity contribution in [2.45, 2.75) is 57.9 Å². The summed E-state index contributed by atoms with van der Waals surface area (Å²) in [6, 6.07) is 0.914. The number of hydrogen-bond acceptors (Lipinski definition) is 1. The second kappa shape index (κ2) is 4.45. The Hall–Kier alpha value is -0.0400. The van der Waals surface area contributed by atoms with Crippen LogP contribution in [-0.4, -0.2) is 12.6 Å². The van der Waals surface area contributed by atoms with Crippen LogP contribution in [0, 0.1) is 11.8 Å². The molecule has 1 N–H and O–H groups in total. The molecule has 0 aliphatic heterocycles. The SMILES string of the molecule is CCCCCNC(C1CC1)C1CC1. The third-order valence-corrected chi connectivity index (χ3v) is 3.42. The van der Waals surface area contributed by atoms with Gasteiger partial charge in [-0.3, -0.25) is 0 Å². The lowest BCUT2D eigenvalue weighted by Gasteiger charge is -2.17. The van der Waals surface area contributed by atoms with Crippen LogP contribution >= 0.6 is 0 Å². The second-order valence-electron chi connectivity index (χ2n) is 4.86. The fraction of sp³-hybridized carbons (Fsp3) is 1.00. The first-order chi connectivity index (χ1) is 6.42. The highest BCUT2D eigenvalue weighted by atomic mass is 14.9. The van der Waals surface area contributed by atoms with Gasteiger partial charge in [0, 0.05) is 6.04 Å². The Balaban J connectivity index is 1.59. The molecule has 2 aliphatic carbocycles. The molecule has 0 amide bonds. The van der Waals surface area contributed by atoms with Gasteiger partial charge < -0.3 is 5.32 Å². The normalized spacial score (nSPS) is 22.6. The largest absolute Gasteiger partial charge is 0.313 e. The summed E-state index contributed by atoms with van der Waals surface area (Å²) in [6.07, 6.45) is 10.1. The summed E-state index contributed by atoms with van der Waals surface area (Å²) in [6.45, 7) is 3.55. The van der Waals surface area contributed by atoms with Gasteiger partial charge in [0.1, 0.15) is 0 Å². The molecular formula is C12H23N. The van der Waals surface area contributed by atoms with E-state index in [9.17, 15) is 0 Å². The van der Waals surface area contributed by atoms with E-state index in [1.54, 1.807) is 0 Å². The predicted molar refractivity (Wildman–Crippen MR) is 56.8 cm³/mol. The molecule has 0 spiro atoms. The van der Waals surface area contributed by atoms with Crippen LogP contribution in [0.4, 0.5) is 0 Å². The monoisotopic (exact) mass is 181 g/mol. The molecule has 0 heterocycles. The van der Waals surface area contributed by atoms with Gasteiger partial charge in [-0.15, -0.1) is 0 Å². The zero-order valence-corrected chi connectivity index (χ0v) is 8.89. The Kier molecular flexibility index (Phi) is 3.26. The molecule has 0 bridgehead atoms. The molecule has 0 aromatic rings. The second-order valence-corrected chi connectivity index (χ2v) is 4.86. The molecule has 1 heteroatoms. The van der Waals surface area contributed by atoms with Crippen LogP contribution in [0.5, 0.6) is 0 Å². The summed E-state index contributed by atoms with van der Waals surface area (Å²) in [7, 11) is 0. The quantitative estimate of drug-likeness (QED) is 0.595. The molecule has 2 aliphatic rings. The first-order valence-electron chi connectivity index (χ1n) is 6.15. The van der Waals surface area contributed by atoms with Crippen molar-refractivity contribution in [3.8, 4) is 0 Å². The van der Waals surface area contributed by atoms with Crippen LogP contribution in [0.15, 0.2) is 0 Å². The Morgan fingerprint density at radius 3 is 2.15 bits per heavy atom. The molecule has 1 nitrogen and oxygen atoms in total. The third kappa shape index (κ3) is 2.98. The minimum Gasteiger partial charge on any atom is -0.313 e. The van der Waals surface area contributed by atoms with Crippen LogP contribution < -0.4 is 5.32 Å². The van der Waals surface area contributed by atoms with Gasteiger partial charge in [-0.25, -0.2) is 0 Å². The van der Waals surface area contributed by atoms with Crippen molar-refractivity contribution in [3.05, 3.63) is 0 Å². The number of unbranched alkanes of at least 4 members (excludes halogenated alkanes) is 2. The average Bonchev–Trinajstić information content (AvgIpc) is 2.99. The minimum absolute atomic E-state index is 0.914. The molecule has 0 aromatic heterocycles. The maximum Gasteiger partial charge on any atom is 0.0124 e. The highest BCUT2D eigenvalue weighted by Gasteiger charge is 2.40. The summed E-state index contributed by atoms with van der Waals surface area (Å²) >= 11 is 0. The summed E-state index contributed by atoms with van der Waals surface area (Å²) < 4.78 is 0. The van der Waals surface area contributed by atoms with E-state index in [1.807, 2.05) is 0 Å². The number of hydrogen-bond donors (Lipinski definition) is 1. The third-order valence-electron chi connectivity index (χ3n) is 3.42. The van der Waals surface area contributed by atoms with E-state index in [0.29, 0.717) is 0 Å². The molecule has 2 fully saturated rings. The van der Waals surface area contributed by atoms with Gasteiger partial charge >= 0.3 is 0 Å². The van der Waals surface area contributed by atoms with Gasteiger partial charge in [-0.05, 0) is 50.5 Å². The summed E-state index contributed by atoms with van der Waals surface area (Å²) in [4.78, 5) is 0. The van der Waals surface area contributed by atoms with Crippen molar-refractivity contribution in [2.24, 2.45) is 11.8 Å². The van der Waals surface area contributed by atoms with E-state index in [2.05, 4.69) is 12.2 Å². The topological polar surface area (TPSA) is 12.0 Å². The Bertz CT molecular complexity index is 135. The van der Waals surface area contributed by atoms with Crippen molar-refractivity contribution in [1.82, 2.24) is 5.32 Å². The van der Waals surface area contributed by atoms with Crippen molar-refractivity contribution >= 4 is 0 Å². The maximum absolute atomic E-state index is 3.78. The fourth-order valence-corrected chi connectivity index (χ4v) is 2.27. The zero-order chi connectivity index (χ0) is 9.10. The van der Waals surface area contributed by atoms with E-state index in [1.165, 1.54) is 51.5 Å². The van der Waals surface area contributed by atoms with Crippen molar-refractivity contribution in [3.63, 3.8) is 0 Å². The lowest BCUT2D eigenvalue weighted by atomic mass is 10.1. The molecule has 0 aromatic carbocycles. The fourth-order valence-electron chi connectivity index (χ4n) is 2.27. The molecule has 0 unspecified atom stereocenters. The van der Waals surface area contributed by atoms with Gasteiger partial charge in [0.05, 0.1) is 0 Å². The molecule has 0 atom stereocenters. The molecule has 2 rings (SSSR count). The van der Waals surface area contributed by atoms with Crippen molar-refractivity contribution < 1.29 is 0 Å². The summed E-state index contributed by atoms with van der Waals surface area (Å²) in [5, 5.41) is 3.78.